The molecular formula is C23H52S2Si2. The molecule has 0 spiro atoms. The van der Waals surface area contributed by atoms with E-state index in [1.165, 1.54) is 94.1 Å². The maximum absolute atomic E-state index is 5.52. The van der Waals surface area contributed by atoms with Crippen LogP contribution < -0.4 is 0 Å². The zero-order chi connectivity index (χ0) is 20.8. The summed E-state index contributed by atoms with van der Waals surface area (Å²) in [5.74, 6) is 0. The van der Waals surface area contributed by atoms with Crippen LogP contribution in [0.3, 0.4) is 0 Å². The average Bonchev–Trinajstić information content (AvgIpc) is 2.67. The van der Waals surface area contributed by atoms with E-state index in [4.69, 9.17) is 25.3 Å². The van der Waals surface area contributed by atoms with Gasteiger partial charge in [-0.2, -0.15) is 25.3 Å². The second-order valence-electron chi connectivity index (χ2n) is 9.18. The third-order valence-corrected chi connectivity index (χ3v) is 23.6. The van der Waals surface area contributed by atoms with Gasteiger partial charge in [0.1, 0.15) is 0 Å². The highest BCUT2D eigenvalue weighted by atomic mass is 32.1. The Morgan fingerprint density at radius 2 is 0.704 bits per heavy atom. The Hall–Kier alpha value is 1.13. The highest BCUT2D eigenvalue weighted by Gasteiger charge is 2.48. The summed E-state index contributed by atoms with van der Waals surface area (Å²) in [4.78, 5) is 1.22. The fraction of sp³-hybridized carbons (Fsp3) is 1.00. The summed E-state index contributed by atoms with van der Waals surface area (Å²) in [5.41, 5.74) is 0. The van der Waals surface area contributed by atoms with E-state index in [-0.39, 0.29) is 0 Å². The van der Waals surface area contributed by atoms with Crippen molar-refractivity contribution in [2.75, 3.05) is 0 Å². The molecule has 0 aromatic heterocycles. The number of thiol groups is 2. The molecule has 2 unspecified atom stereocenters. The van der Waals surface area contributed by atoms with Crippen LogP contribution in [0.15, 0.2) is 0 Å². The van der Waals surface area contributed by atoms with Crippen LogP contribution in [0.5, 0.6) is 0 Å². The van der Waals surface area contributed by atoms with E-state index in [2.05, 4.69) is 41.5 Å². The molecule has 0 saturated heterocycles. The van der Waals surface area contributed by atoms with Crippen molar-refractivity contribution < 1.29 is 0 Å². The molecule has 0 aromatic carbocycles. The summed E-state index contributed by atoms with van der Waals surface area (Å²) in [5, 5.41) is 0. The van der Waals surface area contributed by atoms with Gasteiger partial charge in [-0.1, -0.05) is 136 Å². The van der Waals surface area contributed by atoms with E-state index < -0.39 is 16.1 Å². The van der Waals surface area contributed by atoms with Crippen LogP contribution >= 0.6 is 25.3 Å². The van der Waals surface area contributed by atoms with Gasteiger partial charge in [0, 0.05) is 9.75 Å². The topological polar surface area (TPSA) is 0 Å². The molecule has 0 nitrogen and oxygen atoms in total. The molecular weight excluding hydrogens is 397 g/mol. The minimum absolute atomic E-state index is 0.609. The molecule has 0 aliphatic heterocycles. The molecule has 0 aliphatic carbocycles. The van der Waals surface area contributed by atoms with Gasteiger partial charge >= 0.3 is 0 Å². The van der Waals surface area contributed by atoms with Crippen molar-refractivity contribution in [1.29, 1.82) is 0 Å². The van der Waals surface area contributed by atoms with Crippen molar-refractivity contribution in [2.45, 2.75) is 145 Å². The van der Waals surface area contributed by atoms with Crippen molar-refractivity contribution >= 4 is 41.4 Å². The Morgan fingerprint density at radius 1 is 0.444 bits per heavy atom. The zero-order valence-electron chi connectivity index (χ0n) is 19.7. The van der Waals surface area contributed by atoms with E-state index in [9.17, 15) is 0 Å². The lowest BCUT2D eigenvalue weighted by Gasteiger charge is -2.47. The summed E-state index contributed by atoms with van der Waals surface area (Å²) in [6.45, 7) is 14.3. The molecule has 0 bridgehead atoms. The van der Waals surface area contributed by atoms with Gasteiger partial charge in [-0.05, 0) is 0 Å². The standard InChI is InChI=1S/C23H52S2Si2/c1-7-13-19-27(20-14-8-2,21-15-9-3)23(25)22(24)26(16-10-4,17-11-5)18-12-6/h22-25H,7-21H2,1-6H3. The Labute approximate surface area is 186 Å². The summed E-state index contributed by atoms with van der Waals surface area (Å²) < 4.78 is 0. The molecule has 2 atom stereocenters. The monoisotopic (exact) mass is 448 g/mol. The quantitative estimate of drug-likeness (QED) is 0.151. The van der Waals surface area contributed by atoms with Gasteiger partial charge in [0.25, 0.3) is 0 Å². The minimum atomic E-state index is -1.40. The number of hydrogen-bond donors (Lipinski definition) is 2. The molecule has 0 aliphatic rings. The van der Waals surface area contributed by atoms with Gasteiger partial charge in [-0.15, -0.1) is 0 Å². The van der Waals surface area contributed by atoms with Crippen molar-refractivity contribution in [3.05, 3.63) is 0 Å². The van der Waals surface area contributed by atoms with Crippen molar-refractivity contribution in [2.24, 2.45) is 0 Å². The van der Waals surface area contributed by atoms with Gasteiger partial charge in [0.2, 0.25) is 0 Å². The highest BCUT2D eigenvalue weighted by molar-refractivity contribution is 7.88. The molecule has 0 N–H and O–H groups in total. The van der Waals surface area contributed by atoms with Crippen LogP contribution in [0.4, 0.5) is 0 Å². The van der Waals surface area contributed by atoms with Crippen LogP contribution in [0.2, 0.25) is 36.3 Å². The van der Waals surface area contributed by atoms with Crippen LogP contribution in [0.1, 0.15) is 99.3 Å². The summed E-state index contributed by atoms with van der Waals surface area (Å²) in [7, 11) is -2.77. The molecule has 4 heteroatoms. The molecule has 164 valence electrons. The van der Waals surface area contributed by atoms with Crippen LogP contribution in [0, 0.1) is 0 Å². The SMILES string of the molecule is CCCC[Si](CCCC)(CCCC)C(S)C(S)[Si](CCC)(CCC)CCC. The Balaban J connectivity index is 5.85. The molecule has 0 aromatic rings. The van der Waals surface area contributed by atoms with Crippen molar-refractivity contribution in [1.82, 2.24) is 0 Å². The fourth-order valence-corrected chi connectivity index (χ4v) is 22.5. The Bertz CT molecular complexity index is 310. The first-order chi connectivity index (χ1) is 12.9. The highest BCUT2D eigenvalue weighted by Crippen LogP contribution is 2.43. The smallest absolute Gasteiger partial charge is 0.0685 e. The Kier molecular flexibility index (Phi) is 16.6. The normalized spacial score (nSPS) is 15.1. The van der Waals surface area contributed by atoms with Crippen LogP contribution in [0.25, 0.3) is 0 Å². The number of hydrogen-bond acceptors (Lipinski definition) is 2. The summed E-state index contributed by atoms with van der Waals surface area (Å²) >= 11 is 11.0. The second-order valence-corrected chi connectivity index (χ2v) is 21.0. The summed E-state index contributed by atoms with van der Waals surface area (Å²) in [6, 6.07) is 8.93. The number of rotatable bonds is 18. The molecule has 0 amide bonds. The van der Waals surface area contributed by atoms with E-state index in [0.29, 0.717) is 9.75 Å². The van der Waals surface area contributed by atoms with E-state index in [1.807, 2.05) is 0 Å². The minimum Gasteiger partial charge on any atom is -0.178 e. The van der Waals surface area contributed by atoms with Gasteiger partial charge in [0.05, 0.1) is 16.1 Å². The maximum atomic E-state index is 5.52. The van der Waals surface area contributed by atoms with Crippen LogP contribution in [-0.4, -0.2) is 25.9 Å². The van der Waals surface area contributed by atoms with Crippen molar-refractivity contribution in [3.8, 4) is 0 Å². The van der Waals surface area contributed by atoms with Gasteiger partial charge in [-0.3, -0.25) is 0 Å². The molecule has 0 fully saturated rings. The third-order valence-electron chi connectivity index (χ3n) is 6.88. The zero-order valence-corrected chi connectivity index (χ0v) is 23.4. The lowest BCUT2D eigenvalue weighted by atomic mass is 10.4. The Morgan fingerprint density at radius 3 is 0.926 bits per heavy atom. The van der Waals surface area contributed by atoms with Gasteiger partial charge in [0.15, 0.2) is 0 Å². The second kappa shape index (κ2) is 15.9. The lowest BCUT2D eigenvalue weighted by Crippen LogP contribution is -2.58. The lowest BCUT2D eigenvalue weighted by molar-refractivity contribution is 0.778. The van der Waals surface area contributed by atoms with Gasteiger partial charge in [-0.25, -0.2) is 0 Å². The molecule has 27 heavy (non-hydrogen) atoms. The predicted molar refractivity (Wildman–Crippen MR) is 141 cm³/mol. The largest absolute Gasteiger partial charge is 0.178 e. The van der Waals surface area contributed by atoms with Gasteiger partial charge < -0.3 is 0 Å². The summed E-state index contributed by atoms with van der Waals surface area (Å²) in [6.07, 6.45) is 12.3. The first kappa shape index (κ1) is 28.1. The average molecular weight is 449 g/mol. The molecule has 0 rings (SSSR count). The van der Waals surface area contributed by atoms with E-state index >= 15 is 0 Å². The first-order valence-corrected chi connectivity index (χ1v) is 18.7. The van der Waals surface area contributed by atoms with Crippen molar-refractivity contribution in [3.63, 3.8) is 0 Å². The molecule has 0 heterocycles. The predicted octanol–water partition coefficient (Wildman–Crippen LogP) is 9.19. The molecule has 0 saturated carbocycles. The maximum Gasteiger partial charge on any atom is 0.0685 e. The van der Waals surface area contributed by atoms with E-state index in [0.717, 1.165) is 0 Å². The molecule has 0 radical (unpaired) electrons. The van der Waals surface area contributed by atoms with E-state index in [1.54, 1.807) is 0 Å². The number of unbranched alkanes of at least 4 members (excludes halogenated alkanes) is 3. The van der Waals surface area contributed by atoms with Crippen LogP contribution in [-0.2, 0) is 0 Å². The first-order valence-electron chi connectivity index (χ1n) is 12.3. The fourth-order valence-electron chi connectivity index (χ4n) is 5.39. The third kappa shape index (κ3) is 8.80.